The van der Waals surface area contributed by atoms with Gasteiger partial charge in [0.05, 0.1) is 6.61 Å². The van der Waals surface area contributed by atoms with E-state index in [2.05, 4.69) is 0 Å². The maximum Gasteiger partial charge on any atom is 0.281 e. The summed E-state index contributed by atoms with van der Waals surface area (Å²) in [5.41, 5.74) is -2.03. The van der Waals surface area contributed by atoms with Crippen molar-refractivity contribution >= 4 is 34.8 Å². The van der Waals surface area contributed by atoms with Crippen LogP contribution in [0.25, 0.3) is 0 Å². The fourth-order valence-electron chi connectivity index (χ4n) is 2.72. The standard InChI is InChI=1S/C12H19Cl3O11/c13-9(22)8-11(14,23)6(20)7(21)12(15,25-8)26-10(2-17)5(19)4(18)3(1-16)24-10/h3-9,16-23H,1-2H2/t3-,4-,5+,6-,7-,8-,9?,10?,11+,12-/m1/s1. The number of ether oxygens (including phenoxy) is 3. The fraction of sp³-hybridized carbons (Fsp3) is 1.00. The molecule has 10 atom stereocenters. The Kier molecular flexibility index (Phi) is 6.72. The monoisotopic (exact) mass is 444 g/mol. The molecule has 154 valence electrons. The number of hydrogen-bond acceptors (Lipinski definition) is 11. The topological polar surface area (TPSA) is 190 Å². The van der Waals surface area contributed by atoms with Crippen LogP contribution in [0.15, 0.2) is 0 Å². The molecule has 0 bridgehead atoms. The molecule has 2 aliphatic rings. The van der Waals surface area contributed by atoms with Gasteiger partial charge in [-0.05, 0) is 0 Å². The minimum absolute atomic E-state index is 0.769. The van der Waals surface area contributed by atoms with Gasteiger partial charge in [0, 0.05) is 0 Å². The van der Waals surface area contributed by atoms with E-state index in [9.17, 15) is 35.7 Å². The van der Waals surface area contributed by atoms with Gasteiger partial charge >= 0.3 is 0 Å². The van der Waals surface area contributed by atoms with Gasteiger partial charge in [-0.25, -0.2) is 0 Å². The maximum absolute atomic E-state index is 10.1. The molecule has 8 N–H and O–H groups in total. The van der Waals surface area contributed by atoms with E-state index in [1.54, 1.807) is 0 Å². The van der Waals surface area contributed by atoms with Gasteiger partial charge in [0.25, 0.3) is 5.25 Å². The third-order valence-corrected chi connectivity index (χ3v) is 5.28. The first-order valence-corrected chi connectivity index (χ1v) is 8.47. The summed E-state index contributed by atoms with van der Waals surface area (Å²) in [4.78, 5) is 0. The SMILES string of the molecule is OC[C@H]1OC(CO)(O[C@]2(Cl)O[C@H](C(O)Cl)[C@](O)(Cl)[C@H](O)[C@H]2O)[C@@H](O)[C@@H]1O. The lowest BCUT2D eigenvalue weighted by Crippen LogP contribution is -2.71. The van der Waals surface area contributed by atoms with E-state index in [1.807, 2.05) is 0 Å². The Labute approximate surface area is 161 Å². The molecule has 2 heterocycles. The normalized spacial score (nSPS) is 53.7. The average Bonchev–Trinajstić information content (AvgIpc) is 2.81. The molecule has 0 spiro atoms. The Bertz CT molecular complexity index is 511. The highest BCUT2D eigenvalue weighted by Crippen LogP contribution is 2.47. The molecule has 0 aliphatic carbocycles. The molecule has 11 nitrogen and oxygen atoms in total. The Hall–Kier alpha value is 0.430. The van der Waals surface area contributed by atoms with Crippen LogP contribution in [0.1, 0.15) is 0 Å². The molecule has 2 rings (SSSR count). The van der Waals surface area contributed by atoms with E-state index >= 15 is 0 Å². The third-order valence-electron chi connectivity index (χ3n) is 4.22. The van der Waals surface area contributed by atoms with Crippen molar-refractivity contribution in [3.05, 3.63) is 0 Å². The lowest BCUT2D eigenvalue weighted by Gasteiger charge is -2.50. The predicted molar refractivity (Wildman–Crippen MR) is 83.0 cm³/mol. The summed E-state index contributed by atoms with van der Waals surface area (Å²) < 4.78 is 15.2. The molecule has 2 aliphatic heterocycles. The minimum atomic E-state index is -2.85. The summed E-state index contributed by atoms with van der Waals surface area (Å²) >= 11 is 17.1. The maximum atomic E-state index is 10.1. The van der Waals surface area contributed by atoms with Crippen LogP contribution in [0.5, 0.6) is 0 Å². The second kappa shape index (κ2) is 7.69. The summed E-state index contributed by atoms with van der Waals surface area (Å²) in [5, 5.41) is 72.7. The zero-order chi connectivity index (χ0) is 20.1. The van der Waals surface area contributed by atoms with E-state index in [-0.39, 0.29) is 0 Å². The molecule has 0 aromatic rings. The van der Waals surface area contributed by atoms with E-state index in [4.69, 9.17) is 54.1 Å². The highest BCUT2D eigenvalue weighted by molar-refractivity contribution is 6.27. The van der Waals surface area contributed by atoms with Gasteiger partial charge < -0.3 is 50.3 Å². The van der Waals surface area contributed by atoms with Crippen molar-refractivity contribution < 1.29 is 55.1 Å². The smallest absolute Gasteiger partial charge is 0.281 e. The highest BCUT2D eigenvalue weighted by atomic mass is 35.5. The summed E-state index contributed by atoms with van der Waals surface area (Å²) in [7, 11) is 0. The van der Waals surface area contributed by atoms with Gasteiger partial charge in [0.15, 0.2) is 16.7 Å². The van der Waals surface area contributed by atoms with Crippen LogP contribution < -0.4 is 0 Å². The van der Waals surface area contributed by atoms with Gasteiger partial charge in [-0.15, -0.1) is 0 Å². The number of halogens is 3. The number of aliphatic hydroxyl groups excluding tert-OH is 7. The first-order valence-electron chi connectivity index (χ1n) is 7.28. The lowest BCUT2D eigenvalue weighted by molar-refractivity contribution is -0.408. The third kappa shape index (κ3) is 3.55. The summed E-state index contributed by atoms with van der Waals surface area (Å²) in [6.45, 7) is -1.91. The number of aliphatic hydroxyl groups is 8. The first-order chi connectivity index (χ1) is 11.9. The molecule has 2 fully saturated rings. The molecule has 0 aromatic carbocycles. The molecule has 0 aromatic heterocycles. The minimum Gasteiger partial charge on any atom is -0.394 e. The van der Waals surface area contributed by atoms with Crippen LogP contribution in [-0.2, 0) is 14.2 Å². The second-order valence-electron chi connectivity index (χ2n) is 5.96. The molecule has 0 radical (unpaired) electrons. The Morgan fingerprint density at radius 3 is 2.00 bits per heavy atom. The molecular formula is C12H19Cl3O11. The van der Waals surface area contributed by atoms with Crippen LogP contribution in [-0.4, -0.2) is 112 Å². The Balaban J connectivity index is 2.36. The van der Waals surface area contributed by atoms with Crippen molar-refractivity contribution in [2.24, 2.45) is 0 Å². The molecule has 0 saturated carbocycles. The predicted octanol–water partition coefficient (Wildman–Crippen LogP) is -3.70. The van der Waals surface area contributed by atoms with Crippen molar-refractivity contribution in [3.8, 4) is 0 Å². The van der Waals surface area contributed by atoms with Crippen LogP contribution in [0.4, 0.5) is 0 Å². The van der Waals surface area contributed by atoms with Crippen LogP contribution in [0.3, 0.4) is 0 Å². The average molecular weight is 446 g/mol. The highest BCUT2D eigenvalue weighted by Gasteiger charge is 2.67. The van der Waals surface area contributed by atoms with Gasteiger partial charge in [-0.3, -0.25) is 4.74 Å². The molecule has 2 unspecified atom stereocenters. The van der Waals surface area contributed by atoms with E-state index in [0.29, 0.717) is 0 Å². The Morgan fingerprint density at radius 1 is 1.00 bits per heavy atom. The quantitative estimate of drug-likeness (QED) is 0.194. The summed E-state index contributed by atoms with van der Waals surface area (Å²) in [5.74, 6) is -2.50. The van der Waals surface area contributed by atoms with Crippen molar-refractivity contribution in [3.63, 3.8) is 0 Å². The Morgan fingerprint density at radius 2 is 1.58 bits per heavy atom. The van der Waals surface area contributed by atoms with E-state index in [1.165, 1.54) is 0 Å². The summed E-state index contributed by atoms with van der Waals surface area (Å²) in [6.07, 6.45) is -11.6. The van der Waals surface area contributed by atoms with Crippen molar-refractivity contribution in [1.82, 2.24) is 0 Å². The number of hydrogen-bond donors (Lipinski definition) is 8. The molecule has 0 amide bonds. The zero-order valence-electron chi connectivity index (χ0n) is 12.9. The number of alkyl halides is 3. The van der Waals surface area contributed by atoms with E-state index in [0.717, 1.165) is 0 Å². The van der Waals surface area contributed by atoms with Gasteiger partial charge in [0.1, 0.15) is 37.1 Å². The largest absolute Gasteiger partial charge is 0.394 e. The van der Waals surface area contributed by atoms with Crippen molar-refractivity contribution in [2.75, 3.05) is 13.2 Å². The molecule has 26 heavy (non-hydrogen) atoms. The van der Waals surface area contributed by atoms with E-state index < -0.39 is 71.5 Å². The number of rotatable bonds is 5. The second-order valence-corrected chi connectivity index (χ2v) is 7.54. The molecular weight excluding hydrogens is 426 g/mol. The summed E-state index contributed by atoms with van der Waals surface area (Å²) in [6, 6.07) is 0. The molecule has 2 saturated heterocycles. The van der Waals surface area contributed by atoms with Crippen LogP contribution in [0, 0.1) is 0 Å². The van der Waals surface area contributed by atoms with Crippen LogP contribution in [0.2, 0.25) is 0 Å². The van der Waals surface area contributed by atoms with Crippen molar-refractivity contribution in [2.45, 2.75) is 58.3 Å². The van der Waals surface area contributed by atoms with Crippen LogP contribution >= 0.6 is 34.8 Å². The van der Waals surface area contributed by atoms with Gasteiger partial charge in [-0.2, -0.15) is 0 Å². The van der Waals surface area contributed by atoms with Crippen molar-refractivity contribution in [1.29, 1.82) is 0 Å². The first kappa shape index (κ1) is 22.7. The van der Waals surface area contributed by atoms with Gasteiger partial charge in [-0.1, -0.05) is 34.8 Å². The van der Waals surface area contributed by atoms with Gasteiger partial charge in [0.2, 0.25) is 5.79 Å². The fourth-order valence-corrected chi connectivity index (χ4v) is 3.66. The molecule has 14 heteroatoms. The zero-order valence-corrected chi connectivity index (χ0v) is 15.2. The lowest BCUT2D eigenvalue weighted by atomic mass is 9.97.